The minimum atomic E-state index is -5.74. The number of hydrogen-bond donors (Lipinski definition) is 7. The fraction of sp³-hybridized carbons (Fsp3) is 0.455. The van der Waals surface area contributed by atoms with Crippen LogP contribution < -0.4 is 5.73 Å². The van der Waals surface area contributed by atoms with Crippen LogP contribution in [-0.4, -0.2) is 69.2 Å². The summed E-state index contributed by atoms with van der Waals surface area (Å²) in [4.78, 5) is 43.0. The molecular formula is C11H16FN4O13P3. The number of anilines is 1. The highest BCUT2D eigenvalue weighted by molar-refractivity contribution is 7.66. The summed E-state index contributed by atoms with van der Waals surface area (Å²) in [6.07, 6.45) is -4.69. The Hall–Kier alpha value is -1.36. The molecule has 8 N–H and O–H groups in total. The number of nitrogens with zero attached hydrogens (tertiary/aromatic N) is 3. The first-order chi connectivity index (χ1) is 14.6. The average molecular weight is 524 g/mol. The Morgan fingerprint density at radius 2 is 1.75 bits per heavy atom. The Morgan fingerprint density at radius 3 is 2.38 bits per heavy atom. The number of hydrogen-bond acceptors (Lipinski definition) is 12. The number of aromatic nitrogens is 3. The molecule has 6 atom stereocenters. The van der Waals surface area contributed by atoms with E-state index >= 15 is 0 Å². The van der Waals surface area contributed by atoms with E-state index in [0.717, 1.165) is 17.1 Å². The summed E-state index contributed by atoms with van der Waals surface area (Å²) in [5.41, 5.74) is 5.33. The number of phosphoric ester groups is 1. The zero-order valence-electron chi connectivity index (χ0n) is 15.4. The molecule has 3 rings (SSSR count). The molecule has 1 aliphatic rings. The van der Waals surface area contributed by atoms with Crippen LogP contribution >= 0.6 is 23.5 Å². The van der Waals surface area contributed by atoms with Gasteiger partial charge < -0.3 is 40.3 Å². The third-order valence-electron chi connectivity index (χ3n) is 4.01. The largest absolute Gasteiger partial charge is 0.490 e. The smallest absolute Gasteiger partial charge is 0.387 e. The number of fused-ring (bicyclic) bond motifs is 1. The molecule has 21 heteroatoms. The van der Waals surface area contributed by atoms with E-state index in [9.17, 15) is 33.2 Å². The molecule has 1 saturated heterocycles. The van der Waals surface area contributed by atoms with Gasteiger partial charge in [0.2, 0.25) is 0 Å². The van der Waals surface area contributed by atoms with Crippen LogP contribution in [0.15, 0.2) is 12.5 Å². The van der Waals surface area contributed by atoms with Crippen LogP contribution in [0.5, 0.6) is 0 Å². The molecule has 1 fully saturated rings. The van der Waals surface area contributed by atoms with Gasteiger partial charge in [-0.3, -0.25) is 9.09 Å². The van der Waals surface area contributed by atoms with Crippen molar-refractivity contribution in [3.8, 4) is 0 Å². The number of imidazole rings is 1. The summed E-state index contributed by atoms with van der Waals surface area (Å²) in [6, 6.07) is 0. The van der Waals surface area contributed by atoms with E-state index in [1.54, 1.807) is 0 Å². The molecule has 3 heterocycles. The van der Waals surface area contributed by atoms with Gasteiger partial charge in [0, 0.05) is 0 Å². The van der Waals surface area contributed by atoms with Crippen molar-refractivity contribution in [1.29, 1.82) is 0 Å². The first-order valence-electron chi connectivity index (χ1n) is 8.17. The Morgan fingerprint density at radius 1 is 1.09 bits per heavy atom. The maximum absolute atomic E-state index is 14.2. The SMILES string of the molecule is Nc1ncc(F)c2c1ncn2[C@@H]1O[C@H](COP(=O)(O)OP(=O)(O)OP(=O)(O)O)[C@@H](O)[C@H]1O. The zero-order chi connectivity index (χ0) is 24.1. The molecule has 0 radical (unpaired) electrons. The first kappa shape index (κ1) is 25.3. The molecule has 17 nitrogen and oxygen atoms in total. The Bertz CT molecular complexity index is 1160. The molecule has 2 unspecified atom stereocenters. The summed E-state index contributed by atoms with van der Waals surface area (Å²) >= 11 is 0. The molecule has 0 bridgehead atoms. The molecule has 2 aromatic heterocycles. The predicted molar refractivity (Wildman–Crippen MR) is 97.6 cm³/mol. The highest BCUT2D eigenvalue weighted by Gasteiger charge is 2.47. The van der Waals surface area contributed by atoms with E-state index in [-0.39, 0.29) is 16.9 Å². The number of nitrogen functional groups attached to an aromatic ring is 1. The molecule has 1 aliphatic heterocycles. The van der Waals surface area contributed by atoms with E-state index in [4.69, 9.17) is 25.2 Å². The van der Waals surface area contributed by atoms with Crippen LogP contribution in [0.1, 0.15) is 6.23 Å². The molecule has 0 saturated carbocycles. The van der Waals surface area contributed by atoms with E-state index in [1.165, 1.54) is 0 Å². The summed E-state index contributed by atoms with van der Waals surface area (Å²) in [6.45, 7) is -1.03. The monoisotopic (exact) mass is 524 g/mol. The second-order valence-corrected chi connectivity index (χ2v) is 10.7. The first-order valence-corrected chi connectivity index (χ1v) is 12.7. The van der Waals surface area contributed by atoms with Crippen LogP contribution in [0.3, 0.4) is 0 Å². The lowest BCUT2D eigenvalue weighted by atomic mass is 10.1. The number of aliphatic hydroxyl groups excluding tert-OH is 2. The number of ether oxygens (including phenoxy) is 1. The highest BCUT2D eigenvalue weighted by Crippen LogP contribution is 2.66. The standard InChI is InChI=1S/C11H16FN4O13P3/c12-4-1-14-10(13)6-7(4)16(3-15-6)11-9(18)8(17)5(27-11)2-26-31(22,23)29-32(24,25)28-30(19,20)21/h1,3,5,8-9,11,17-18H,2H2,(H2,13,14)(H,22,23)(H,24,25)(H2,19,20,21)/t5-,8-,9-,11-/m1/s1. The van der Waals surface area contributed by atoms with Crippen molar-refractivity contribution >= 4 is 40.3 Å². The van der Waals surface area contributed by atoms with Crippen molar-refractivity contribution in [2.24, 2.45) is 0 Å². The van der Waals surface area contributed by atoms with Crippen molar-refractivity contribution in [1.82, 2.24) is 14.5 Å². The summed E-state index contributed by atoms with van der Waals surface area (Å²) in [5.74, 6) is -1.01. The minimum Gasteiger partial charge on any atom is -0.387 e. The predicted octanol–water partition coefficient (Wildman–Crippen LogP) is -0.885. The van der Waals surface area contributed by atoms with Crippen LogP contribution in [-0.2, 0) is 31.6 Å². The van der Waals surface area contributed by atoms with E-state index in [2.05, 4.69) is 23.1 Å². The third-order valence-corrected chi connectivity index (χ3v) is 7.81. The van der Waals surface area contributed by atoms with Crippen LogP contribution in [0.25, 0.3) is 11.0 Å². The fourth-order valence-corrected chi connectivity index (χ4v) is 5.82. The summed E-state index contributed by atoms with van der Waals surface area (Å²) in [5, 5.41) is 20.4. The quantitative estimate of drug-likeness (QED) is 0.207. The second kappa shape index (κ2) is 8.77. The molecule has 0 aliphatic carbocycles. The minimum absolute atomic E-state index is 0.0630. The Labute approximate surface area is 176 Å². The number of nitrogens with two attached hydrogens (primary N) is 1. The number of rotatable bonds is 8. The number of halogens is 1. The third kappa shape index (κ3) is 5.58. The topological polar surface area (TPSA) is 266 Å². The van der Waals surface area contributed by atoms with Crippen molar-refractivity contribution < 1.29 is 65.8 Å². The molecule has 0 spiro atoms. The average Bonchev–Trinajstić information content (AvgIpc) is 3.17. The molecule has 2 aromatic rings. The van der Waals surface area contributed by atoms with E-state index in [0.29, 0.717) is 0 Å². The second-order valence-electron chi connectivity index (χ2n) is 6.27. The highest BCUT2D eigenvalue weighted by atomic mass is 31.3. The van der Waals surface area contributed by atoms with Gasteiger partial charge >= 0.3 is 23.5 Å². The lowest BCUT2D eigenvalue weighted by Gasteiger charge is -2.19. The molecule has 180 valence electrons. The Kier molecular flexibility index (Phi) is 6.93. The van der Waals surface area contributed by atoms with Crippen molar-refractivity contribution in [3.05, 3.63) is 18.3 Å². The van der Waals surface area contributed by atoms with Gasteiger partial charge in [0.15, 0.2) is 17.9 Å². The molecule has 32 heavy (non-hydrogen) atoms. The lowest BCUT2D eigenvalue weighted by molar-refractivity contribution is -0.0502. The molecule has 0 amide bonds. The van der Waals surface area contributed by atoms with Crippen LogP contribution in [0, 0.1) is 5.82 Å². The number of phosphoric acid groups is 3. The van der Waals surface area contributed by atoms with Gasteiger partial charge in [0.1, 0.15) is 29.3 Å². The van der Waals surface area contributed by atoms with Gasteiger partial charge in [-0.15, -0.1) is 0 Å². The van der Waals surface area contributed by atoms with Crippen molar-refractivity contribution in [2.75, 3.05) is 12.3 Å². The molecule has 0 aromatic carbocycles. The van der Waals surface area contributed by atoms with Gasteiger partial charge in [0.25, 0.3) is 0 Å². The normalized spacial score (nSPS) is 28.0. The fourth-order valence-electron chi connectivity index (χ4n) is 2.79. The van der Waals surface area contributed by atoms with Gasteiger partial charge in [0.05, 0.1) is 19.1 Å². The van der Waals surface area contributed by atoms with Gasteiger partial charge in [-0.05, 0) is 0 Å². The van der Waals surface area contributed by atoms with Gasteiger partial charge in [-0.25, -0.2) is 28.1 Å². The van der Waals surface area contributed by atoms with Crippen LogP contribution in [0.2, 0.25) is 0 Å². The summed E-state index contributed by atoms with van der Waals surface area (Å²) < 4.78 is 65.7. The summed E-state index contributed by atoms with van der Waals surface area (Å²) in [7, 11) is -16.8. The number of aliphatic hydroxyl groups is 2. The Balaban J connectivity index is 1.73. The molecular weight excluding hydrogens is 508 g/mol. The lowest BCUT2D eigenvalue weighted by Crippen LogP contribution is -2.33. The van der Waals surface area contributed by atoms with Crippen molar-refractivity contribution in [3.63, 3.8) is 0 Å². The zero-order valence-corrected chi connectivity index (χ0v) is 18.0. The van der Waals surface area contributed by atoms with Crippen LogP contribution in [0.4, 0.5) is 10.2 Å². The maximum atomic E-state index is 14.2. The van der Waals surface area contributed by atoms with E-state index in [1.807, 2.05) is 0 Å². The van der Waals surface area contributed by atoms with E-state index < -0.39 is 60.4 Å². The van der Waals surface area contributed by atoms with Gasteiger partial charge in [-0.1, -0.05) is 0 Å². The van der Waals surface area contributed by atoms with Gasteiger partial charge in [-0.2, -0.15) is 8.62 Å². The maximum Gasteiger partial charge on any atom is 0.490 e. The number of pyridine rings is 1. The van der Waals surface area contributed by atoms with Crippen molar-refractivity contribution in [2.45, 2.75) is 24.5 Å².